The van der Waals surface area contributed by atoms with E-state index in [4.69, 9.17) is 9.84 Å². The number of nitrogens with zero attached hydrogens (tertiary/aromatic N) is 4. The Hall–Kier alpha value is -4.06. The summed E-state index contributed by atoms with van der Waals surface area (Å²) >= 11 is 0. The second-order valence-corrected chi connectivity index (χ2v) is 10.4. The molecule has 5 rings (SSSR count). The standard InChI is InChI=1S/C32H36N4O2/c1-34(2)25-17-13-22(14-18-25)21-24-9-8-11-28-30(24)33-36(32(37)27-10-6-7-12-29(27)38-5)31(28)23-15-19-26(20-16-23)35(3)4/h6-7,10,12-21,28,31H,8-9,11H2,1-5H3/b24-21+/t28-,31+/m0/s1. The quantitative estimate of drug-likeness (QED) is 0.394. The van der Waals surface area contributed by atoms with Gasteiger partial charge in [-0.2, -0.15) is 5.10 Å². The zero-order chi connectivity index (χ0) is 26.8. The van der Waals surface area contributed by atoms with Crippen LogP contribution in [0.2, 0.25) is 0 Å². The third kappa shape index (κ3) is 4.91. The normalized spacial score (nSPS) is 19.7. The van der Waals surface area contributed by atoms with Crippen molar-refractivity contribution in [3.63, 3.8) is 0 Å². The van der Waals surface area contributed by atoms with Crippen LogP contribution < -0.4 is 14.5 Å². The molecule has 6 nitrogen and oxygen atoms in total. The first-order chi connectivity index (χ1) is 18.4. The van der Waals surface area contributed by atoms with E-state index in [9.17, 15) is 4.79 Å². The molecule has 3 aromatic carbocycles. The number of ether oxygens (including phenoxy) is 1. The Morgan fingerprint density at radius 3 is 2.18 bits per heavy atom. The summed E-state index contributed by atoms with van der Waals surface area (Å²) in [5.41, 5.74) is 7.30. The van der Waals surface area contributed by atoms with Gasteiger partial charge in [0.15, 0.2) is 0 Å². The maximum Gasteiger partial charge on any atom is 0.278 e. The monoisotopic (exact) mass is 508 g/mol. The summed E-state index contributed by atoms with van der Waals surface area (Å²) in [6.07, 6.45) is 5.25. The summed E-state index contributed by atoms with van der Waals surface area (Å²) in [4.78, 5) is 18.2. The van der Waals surface area contributed by atoms with Gasteiger partial charge in [-0.1, -0.05) is 36.4 Å². The number of hydrogen-bond donors (Lipinski definition) is 0. The number of carbonyl (C=O) groups is 1. The van der Waals surface area contributed by atoms with Gasteiger partial charge in [-0.25, -0.2) is 5.01 Å². The highest BCUT2D eigenvalue weighted by atomic mass is 16.5. The second kappa shape index (κ2) is 10.7. The fourth-order valence-electron chi connectivity index (χ4n) is 5.49. The SMILES string of the molecule is COc1ccccc1C(=O)N1N=C2/C(=C/c3ccc(N(C)C)cc3)CCC[C@@H]2[C@H]1c1ccc(N(C)C)cc1. The molecule has 0 aromatic heterocycles. The minimum absolute atomic E-state index is 0.138. The Bertz CT molecular complexity index is 1360. The molecule has 1 heterocycles. The second-order valence-electron chi connectivity index (χ2n) is 10.4. The first kappa shape index (κ1) is 25.6. The molecule has 0 N–H and O–H groups in total. The molecule has 0 saturated heterocycles. The molecule has 1 fully saturated rings. The maximum atomic E-state index is 14.0. The van der Waals surface area contributed by atoms with Crippen LogP contribution >= 0.6 is 0 Å². The molecular formula is C32H36N4O2. The van der Waals surface area contributed by atoms with E-state index >= 15 is 0 Å². The Kier molecular flexibility index (Phi) is 7.23. The van der Waals surface area contributed by atoms with Crippen molar-refractivity contribution in [3.05, 3.63) is 95.1 Å². The van der Waals surface area contributed by atoms with E-state index in [0.717, 1.165) is 41.8 Å². The zero-order valence-electron chi connectivity index (χ0n) is 22.9. The summed E-state index contributed by atoms with van der Waals surface area (Å²) in [5.74, 6) is 0.562. The average molecular weight is 509 g/mol. The van der Waals surface area contributed by atoms with Gasteiger partial charge in [0.25, 0.3) is 5.91 Å². The lowest BCUT2D eigenvalue weighted by Crippen LogP contribution is -2.32. The largest absolute Gasteiger partial charge is 0.496 e. The van der Waals surface area contributed by atoms with Crippen molar-refractivity contribution in [3.8, 4) is 5.75 Å². The van der Waals surface area contributed by atoms with Crippen LogP contribution in [0.4, 0.5) is 11.4 Å². The van der Waals surface area contributed by atoms with Crippen LogP contribution in [-0.4, -0.2) is 51.9 Å². The van der Waals surface area contributed by atoms with E-state index in [2.05, 4.69) is 64.4 Å². The number of carbonyl (C=O) groups excluding carboxylic acids is 1. The van der Waals surface area contributed by atoms with E-state index in [-0.39, 0.29) is 17.9 Å². The van der Waals surface area contributed by atoms with Crippen LogP contribution in [0.1, 0.15) is 46.8 Å². The fraction of sp³-hybridized carbons (Fsp3) is 0.312. The summed E-state index contributed by atoms with van der Waals surface area (Å²) in [5, 5.41) is 6.76. The fourth-order valence-corrected chi connectivity index (χ4v) is 5.49. The highest BCUT2D eigenvalue weighted by molar-refractivity contribution is 6.09. The molecule has 1 saturated carbocycles. The number of rotatable bonds is 6. The van der Waals surface area contributed by atoms with Gasteiger partial charge in [-0.15, -0.1) is 0 Å². The van der Waals surface area contributed by atoms with E-state index in [0.29, 0.717) is 11.3 Å². The summed E-state index contributed by atoms with van der Waals surface area (Å²) in [6.45, 7) is 0. The third-order valence-electron chi connectivity index (χ3n) is 7.55. The summed E-state index contributed by atoms with van der Waals surface area (Å²) < 4.78 is 5.54. The first-order valence-corrected chi connectivity index (χ1v) is 13.2. The van der Waals surface area contributed by atoms with Crippen molar-refractivity contribution in [1.82, 2.24) is 5.01 Å². The van der Waals surface area contributed by atoms with Gasteiger partial charge in [0.05, 0.1) is 24.4 Å². The van der Waals surface area contributed by atoms with E-state index < -0.39 is 0 Å². The molecule has 0 radical (unpaired) electrons. The van der Waals surface area contributed by atoms with Gasteiger partial charge >= 0.3 is 0 Å². The molecule has 1 amide bonds. The van der Waals surface area contributed by atoms with Crippen molar-refractivity contribution >= 4 is 29.1 Å². The molecule has 2 atom stereocenters. The van der Waals surface area contributed by atoms with Crippen LogP contribution in [0.15, 0.2) is 83.5 Å². The Labute approximate surface area is 225 Å². The van der Waals surface area contributed by atoms with E-state index in [1.54, 1.807) is 12.1 Å². The molecule has 0 unspecified atom stereocenters. The van der Waals surface area contributed by atoms with Gasteiger partial charge in [0, 0.05) is 45.5 Å². The first-order valence-electron chi connectivity index (χ1n) is 13.2. The Morgan fingerprint density at radius 1 is 0.921 bits per heavy atom. The molecule has 196 valence electrons. The molecule has 2 aliphatic rings. The minimum atomic E-state index is -0.168. The average Bonchev–Trinajstić information content (AvgIpc) is 3.33. The van der Waals surface area contributed by atoms with Crippen molar-refractivity contribution < 1.29 is 9.53 Å². The van der Waals surface area contributed by atoms with Crippen LogP contribution in [-0.2, 0) is 0 Å². The number of fused-ring (bicyclic) bond motifs is 1. The molecule has 6 heteroatoms. The minimum Gasteiger partial charge on any atom is -0.496 e. The lowest BCUT2D eigenvalue weighted by atomic mass is 9.77. The van der Waals surface area contributed by atoms with Gasteiger partial charge in [0.2, 0.25) is 0 Å². The predicted molar refractivity (Wildman–Crippen MR) is 156 cm³/mol. The molecule has 0 bridgehead atoms. The highest BCUT2D eigenvalue weighted by Crippen LogP contribution is 2.45. The summed E-state index contributed by atoms with van der Waals surface area (Å²) in [6, 6.07) is 24.3. The van der Waals surface area contributed by atoms with Crippen molar-refractivity contribution in [1.29, 1.82) is 0 Å². The van der Waals surface area contributed by atoms with Crippen LogP contribution in [0.5, 0.6) is 5.75 Å². The number of methoxy groups -OCH3 is 1. The van der Waals surface area contributed by atoms with E-state index in [1.165, 1.54) is 11.3 Å². The zero-order valence-corrected chi connectivity index (χ0v) is 22.9. The molecular weight excluding hydrogens is 472 g/mol. The van der Waals surface area contributed by atoms with Crippen LogP contribution in [0, 0.1) is 5.92 Å². The van der Waals surface area contributed by atoms with E-state index in [1.807, 2.05) is 52.5 Å². The Morgan fingerprint density at radius 2 is 1.55 bits per heavy atom. The Balaban J connectivity index is 1.56. The van der Waals surface area contributed by atoms with Crippen LogP contribution in [0.25, 0.3) is 6.08 Å². The number of anilines is 2. The topological polar surface area (TPSA) is 48.4 Å². The highest BCUT2D eigenvalue weighted by Gasteiger charge is 2.44. The van der Waals surface area contributed by atoms with Crippen molar-refractivity contribution in [2.45, 2.75) is 25.3 Å². The molecule has 1 aliphatic heterocycles. The van der Waals surface area contributed by atoms with Crippen molar-refractivity contribution in [2.24, 2.45) is 11.0 Å². The third-order valence-corrected chi connectivity index (χ3v) is 7.55. The molecule has 1 aliphatic carbocycles. The summed E-state index contributed by atoms with van der Waals surface area (Å²) in [7, 11) is 9.76. The number of para-hydroxylation sites is 1. The molecule has 0 spiro atoms. The van der Waals surface area contributed by atoms with Crippen molar-refractivity contribution in [2.75, 3.05) is 45.1 Å². The lowest BCUT2D eigenvalue weighted by molar-refractivity contribution is 0.0677. The number of allylic oxidation sites excluding steroid dienone is 1. The lowest BCUT2D eigenvalue weighted by Gasteiger charge is -2.30. The van der Waals surface area contributed by atoms with Gasteiger partial charge in [-0.05, 0) is 78.4 Å². The van der Waals surface area contributed by atoms with Crippen LogP contribution in [0.3, 0.4) is 0 Å². The number of amides is 1. The van der Waals surface area contributed by atoms with Gasteiger partial charge < -0.3 is 14.5 Å². The number of benzene rings is 3. The number of hydrogen-bond acceptors (Lipinski definition) is 5. The molecule has 3 aromatic rings. The van der Waals surface area contributed by atoms with Gasteiger partial charge in [0.1, 0.15) is 5.75 Å². The number of hydrazone groups is 1. The maximum absolute atomic E-state index is 14.0. The molecule has 38 heavy (non-hydrogen) atoms. The predicted octanol–water partition coefficient (Wildman–Crippen LogP) is 6.26. The smallest absolute Gasteiger partial charge is 0.278 e. The van der Waals surface area contributed by atoms with Gasteiger partial charge in [-0.3, -0.25) is 4.79 Å².